The summed E-state index contributed by atoms with van der Waals surface area (Å²) in [6.07, 6.45) is 1.00. The molecule has 1 unspecified atom stereocenters. The average molecular weight is 347 g/mol. The third-order valence-corrected chi connectivity index (χ3v) is 5.76. The Morgan fingerprint density at radius 1 is 1.22 bits per heavy atom. The zero-order valence-corrected chi connectivity index (χ0v) is 14.0. The number of hydrogen-bond acceptors (Lipinski definition) is 6. The van der Waals surface area contributed by atoms with Crippen LogP contribution >= 0.6 is 38.8 Å². The Morgan fingerprint density at radius 2 is 1.94 bits per heavy atom. The van der Waals surface area contributed by atoms with E-state index in [-0.39, 0.29) is 10.2 Å². The SMILES string of the molecule is CCC(Br)c1nnc(-c2snnc2C(C)(C)C)s1. The summed E-state index contributed by atoms with van der Waals surface area (Å²) in [4.78, 5) is 1.32. The Kier molecular flexibility index (Phi) is 4.13. The van der Waals surface area contributed by atoms with Gasteiger partial charge in [-0.2, -0.15) is 0 Å². The number of hydrogen-bond donors (Lipinski definition) is 0. The molecule has 2 aromatic heterocycles. The first kappa shape index (κ1) is 14.0. The van der Waals surface area contributed by atoms with Gasteiger partial charge < -0.3 is 0 Å². The molecule has 2 heterocycles. The predicted molar refractivity (Wildman–Crippen MR) is 79.5 cm³/mol. The first-order chi connectivity index (χ1) is 8.43. The maximum Gasteiger partial charge on any atom is 0.161 e. The number of rotatable bonds is 3. The third-order valence-electron chi connectivity index (χ3n) is 2.46. The van der Waals surface area contributed by atoms with E-state index >= 15 is 0 Å². The van der Waals surface area contributed by atoms with Gasteiger partial charge in [-0.1, -0.05) is 59.4 Å². The average Bonchev–Trinajstić information content (AvgIpc) is 2.94. The molecule has 0 bridgehead atoms. The zero-order chi connectivity index (χ0) is 13.3. The first-order valence-electron chi connectivity index (χ1n) is 5.74. The van der Waals surface area contributed by atoms with Crippen LogP contribution in [-0.2, 0) is 5.41 Å². The summed E-state index contributed by atoms with van der Waals surface area (Å²) in [6, 6.07) is 0. The lowest BCUT2D eigenvalue weighted by atomic mass is 9.91. The Morgan fingerprint density at radius 3 is 2.56 bits per heavy atom. The van der Waals surface area contributed by atoms with Gasteiger partial charge in [-0.15, -0.1) is 15.3 Å². The normalized spacial score (nSPS) is 13.8. The van der Waals surface area contributed by atoms with Crippen LogP contribution in [0.1, 0.15) is 49.6 Å². The van der Waals surface area contributed by atoms with Gasteiger partial charge in [0.05, 0.1) is 10.5 Å². The summed E-state index contributed by atoms with van der Waals surface area (Å²) in [6.45, 7) is 8.52. The molecule has 98 valence electrons. The maximum atomic E-state index is 4.27. The van der Waals surface area contributed by atoms with Crippen molar-refractivity contribution >= 4 is 38.8 Å². The van der Waals surface area contributed by atoms with E-state index in [0.717, 1.165) is 27.0 Å². The highest BCUT2D eigenvalue weighted by Crippen LogP contribution is 2.38. The van der Waals surface area contributed by atoms with Crippen molar-refractivity contribution in [2.45, 2.75) is 44.4 Å². The van der Waals surface area contributed by atoms with Gasteiger partial charge in [-0.05, 0) is 18.0 Å². The van der Waals surface area contributed by atoms with E-state index in [2.05, 4.69) is 63.4 Å². The molecule has 0 aliphatic rings. The summed E-state index contributed by atoms with van der Waals surface area (Å²) in [7, 11) is 0. The van der Waals surface area contributed by atoms with Crippen molar-refractivity contribution in [3.63, 3.8) is 0 Å². The molecular formula is C11H15BrN4S2. The van der Waals surface area contributed by atoms with Crippen LogP contribution in [0.3, 0.4) is 0 Å². The fourth-order valence-corrected chi connectivity index (χ4v) is 3.66. The van der Waals surface area contributed by atoms with Crippen LogP contribution in [0.15, 0.2) is 0 Å². The van der Waals surface area contributed by atoms with Gasteiger partial charge in [0.2, 0.25) is 0 Å². The molecule has 2 aromatic rings. The molecular weight excluding hydrogens is 332 g/mol. The minimum absolute atomic E-state index is 0.0211. The minimum atomic E-state index is -0.0211. The van der Waals surface area contributed by atoms with E-state index in [1.807, 2.05) is 0 Å². The molecule has 18 heavy (non-hydrogen) atoms. The quantitative estimate of drug-likeness (QED) is 0.781. The van der Waals surface area contributed by atoms with Crippen molar-refractivity contribution in [3.8, 4) is 9.88 Å². The molecule has 0 radical (unpaired) electrons. The van der Waals surface area contributed by atoms with Crippen molar-refractivity contribution in [3.05, 3.63) is 10.7 Å². The summed E-state index contributed by atoms with van der Waals surface area (Å²) in [5, 5.41) is 14.7. The van der Waals surface area contributed by atoms with E-state index in [1.165, 1.54) is 11.5 Å². The summed E-state index contributed by atoms with van der Waals surface area (Å²) >= 11 is 6.61. The molecule has 0 aromatic carbocycles. The van der Waals surface area contributed by atoms with Crippen LogP contribution in [0.5, 0.6) is 0 Å². The Bertz CT molecular complexity index is 529. The first-order valence-corrected chi connectivity index (χ1v) is 8.24. The van der Waals surface area contributed by atoms with Gasteiger partial charge in [0, 0.05) is 5.41 Å². The van der Waals surface area contributed by atoms with Gasteiger partial charge in [0.1, 0.15) is 9.88 Å². The lowest BCUT2D eigenvalue weighted by Gasteiger charge is -2.15. The lowest BCUT2D eigenvalue weighted by molar-refractivity contribution is 0.568. The summed E-state index contributed by atoms with van der Waals surface area (Å²) in [5.41, 5.74) is 0.977. The number of halogens is 1. The molecule has 0 saturated carbocycles. The van der Waals surface area contributed by atoms with Crippen LogP contribution in [0.25, 0.3) is 9.88 Å². The maximum absolute atomic E-state index is 4.27. The van der Waals surface area contributed by atoms with E-state index < -0.39 is 0 Å². The van der Waals surface area contributed by atoms with E-state index in [4.69, 9.17) is 0 Å². The van der Waals surface area contributed by atoms with Crippen LogP contribution in [0.4, 0.5) is 0 Å². The largest absolute Gasteiger partial charge is 0.161 e. The van der Waals surface area contributed by atoms with Gasteiger partial charge >= 0.3 is 0 Å². The fourth-order valence-electron chi connectivity index (χ4n) is 1.45. The molecule has 0 amide bonds. The molecule has 7 heteroatoms. The van der Waals surface area contributed by atoms with Crippen LogP contribution in [0, 0.1) is 0 Å². The second-order valence-corrected chi connectivity index (χ2v) is 7.89. The van der Waals surface area contributed by atoms with Crippen molar-refractivity contribution < 1.29 is 0 Å². The number of alkyl halides is 1. The molecule has 1 atom stereocenters. The smallest absolute Gasteiger partial charge is 0.142 e. The van der Waals surface area contributed by atoms with Crippen molar-refractivity contribution in [1.82, 2.24) is 19.8 Å². The molecule has 0 saturated heterocycles. The topological polar surface area (TPSA) is 51.6 Å². The zero-order valence-electron chi connectivity index (χ0n) is 10.8. The molecule has 0 N–H and O–H groups in total. The van der Waals surface area contributed by atoms with Crippen LogP contribution in [0.2, 0.25) is 0 Å². The van der Waals surface area contributed by atoms with Gasteiger partial charge in [-0.25, -0.2) is 0 Å². The van der Waals surface area contributed by atoms with Crippen LogP contribution in [-0.4, -0.2) is 19.8 Å². The van der Waals surface area contributed by atoms with Gasteiger partial charge in [0.15, 0.2) is 5.01 Å². The second kappa shape index (κ2) is 5.30. The van der Waals surface area contributed by atoms with Gasteiger partial charge in [-0.3, -0.25) is 0 Å². The summed E-state index contributed by atoms with van der Waals surface area (Å²) in [5.74, 6) is 0. The molecule has 0 aliphatic heterocycles. The minimum Gasteiger partial charge on any atom is -0.142 e. The van der Waals surface area contributed by atoms with E-state index in [1.54, 1.807) is 11.3 Å². The third kappa shape index (κ3) is 2.78. The molecule has 2 rings (SSSR count). The molecule has 0 fully saturated rings. The highest BCUT2D eigenvalue weighted by molar-refractivity contribution is 9.09. The monoisotopic (exact) mass is 346 g/mol. The molecule has 0 spiro atoms. The Labute approximate surface area is 123 Å². The fraction of sp³-hybridized carbons (Fsp3) is 0.636. The van der Waals surface area contributed by atoms with Crippen molar-refractivity contribution in [1.29, 1.82) is 0 Å². The Balaban J connectivity index is 2.38. The Hall–Kier alpha value is -0.400. The van der Waals surface area contributed by atoms with E-state index in [9.17, 15) is 0 Å². The number of aromatic nitrogens is 4. The summed E-state index contributed by atoms with van der Waals surface area (Å²) < 4.78 is 4.06. The van der Waals surface area contributed by atoms with E-state index in [0.29, 0.717) is 0 Å². The van der Waals surface area contributed by atoms with Crippen molar-refractivity contribution in [2.24, 2.45) is 0 Å². The molecule has 0 aliphatic carbocycles. The second-order valence-electron chi connectivity index (χ2n) is 5.02. The van der Waals surface area contributed by atoms with Crippen LogP contribution < -0.4 is 0 Å². The predicted octanol–water partition coefficient (Wildman–Crippen LogP) is 4.20. The highest BCUT2D eigenvalue weighted by atomic mass is 79.9. The number of nitrogens with zero attached hydrogens (tertiary/aromatic N) is 4. The molecule has 4 nitrogen and oxygen atoms in total. The van der Waals surface area contributed by atoms with Gasteiger partial charge in [0.25, 0.3) is 0 Å². The van der Waals surface area contributed by atoms with Crippen molar-refractivity contribution in [2.75, 3.05) is 0 Å². The lowest BCUT2D eigenvalue weighted by Crippen LogP contribution is -2.12. The standard InChI is InChI=1S/C11H15BrN4S2/c1-5-6(12)9-14-15-10(17-9)7-8(11(2,3)4)13-16-18-7/h6H,5H2,1-4H3. The highest BCUT2D eigenvalue weighted by Gasteiger charge is 2.25.